The summed E-state index contributed by atoms with van der Waals surface area (Å²) in [5.41, 5.74) is 2.34. The van der Waals surface area contributed by atoms with Gasteiger partial charge < -0.3 is 15.0 Å². The predicted octanol–water partition coefficient (Wildman–Crippen LogP) is 3.50. The first kappa shape index (κ1) is 19.4. The summed E-state index contributed by atoms with van der Waals surface area (Å²) < 4.78 is 41.8. The molecule has 1 aromatic carbocycles. The van der Waals surface area contributed by atoms with Crippen LogP contribution >= 0.6 is 0 Å². The first-order chi connectivity index (χ1) is 13.8. The van der Waals surface area contributed by atoms with Gasteiger partial charge in [-0.2, -0.15) is 0 Å². The molecule has 0 bridgehead atoms. The van der Waals surface area contributed by atoms with E-state index in [4.69, 9.17) is 0 Å². The lowest BCUT2D eigenvalue weighted by atomic mass is 9.89. The highest BCUT2D eigenvalue weighted by Crippen LogP contribution is 2.33. The molecule has 0 radical (unpaired) electrons. The maximum atomic E-state index is 13.4. The molecular formula is C21H20F3N3O2. The van der Waals surface area contributed by atoms with Gasteiger partial charge in [0.2, 0.25) is 0 Å². The number of hydrogen-bond donors (Lipinski definition) is 2. The Balaban J connectivity index is 1.59. The molecule has 0 saturated heterocycles. The Kier molecular flexibility index (Phi) is 5.04. The van der Waals surface area contributed by atoms with Crippen molar-refractivity contribution in [1.29, 1.82) is 0 Å². The predicted molar refractivity (Wildman–Crippen MR) is 101 cm³/mol. The molecule has 1 unspecified atom stereocenters. The Morgan fingerprint density at radius 3 is 2.76 bits per heavy atom. The third-order valence-electron chi connectivity index (χ3n) is 5.26. The van der Waals surface area contributed by atoms with E-state index in [1.807, 2.05) is 10.6 Å². The topological polar surface area (TPSA) is 67.2 Å². The summed E-state index contributed by atoms with van der Waals surface area (Å²) >= 11 is 0. The van der Waals surface area contributed by atoms with E-state index in [2.05, 4.69) is 10.3 Å². The van der Waals surface area contributed by atoms with Gasteiger partial charge in [0, 0.05) is 31.8 Å². The summed E-state index contributed by atoms with van der Waals surface area (Å²) in [6.45, 7) is 0.411. The highest BCUT2D eigenvalue weighted by Gasteiger charge is 2.41. The minimum absolute atomic E-state index is 0.00154. The molecule has 2 N–H and O–H groups in total. The van der Waals surface area contributed by atoms with E-state index in [1.54, 1.807) is 30.6 Å². The van der Waals surface area contributed by atoms with E-state index in [0.29, 0.717) is 17.6 Å². The Morgan fingerprint density at radius 2 is 2.03 bits per heavy atom. The number of carbonyl (C=O) groups excluding carboxylic acids is 1. The number of aromatic nitrogens is 2. The molecule has 5 nitrogen and oxygen atoms in total. The average molecular weight is 403 g/mol. The second-order valence-corrected chi connectivity index (χ2v) is 7.41. The number of aliphatic hydroxyl groups is 1. The van der Waals surface area contributed by atoms with Gasteiger partial charge in [0.05, 0.1) is 23.2 Å². The summed E-state index contributed by atoms with van der Waals surface area (Å²) in [5, 5.41) is 12.7. The maximum Gasteiger partial charge on any atom is 0.255 e. The van der Waals surface area contributed by atoms with Crippen LogP contribution in [0.1, 0.15) is 35.2 Å². The fourth-order valence-corrected chi connectivity index (χ4v) is 3.73. The zero-order chi connectivity index (χ0) is 20.6. The standard InChI is InChI=1S/C21H20F3N3O2/c22-14-5-3-13(4-6-14)11-27-12-15(19-17(27)2-1-9-25-19)20(29)26-16-7-8-21(23,24)10-18(16)28/h1-6,9,12,16,18,28H,7-8,10-11H2,(H,26,29)/t16?,18-/m1/s1. The summed E-state index contributed by atoms with van der Waals surface area (Å²) in [6, 6.07) is 8.89. The number of hydrogen-bond acceptors (Lipinski definition) is 3. The lowest BCUT2D eigenvalue weighted by molar-refractivity contribution is -0.0862. The molecule has 3 aromatic rings. The van der Waals surface area contributed by atoms with E-state index >= 15 is 0 Å². The number of benzene rings is 1. The number of nitrogens with one attached hydrogen (secondary N) is 1. The zero-order valence-electron chi connectivity index (χ0n) is 15.5. The van der Waals surface area contributed by atoms with Gasteiger partial charge in [0.1, 0.15) is 11.3 Å². The van der Waals surface area contributed by atoms with Crippen molar-refractivity contribution >= 4 is 16.9 Å². The molecule has 1 fully saturated rings. The number of rotatable bonds is 4. The first-order valence-corrected chi connectivity index (χ1v) is 9.37. The molecule has 1 aliphatic carbocycles. The van der Waals surface area contributed by atoms with Gasteiger partial charge in [-0.15, -0.1) is 0 Å². The number of carbonyl (C=O) groups is 1. The van der Waals surface area contributed by atoms with Crippen LogP contribution in [-0.2, 0) is 6.54 Å². The molecule has 0 aliphatic heterocycles. The van der Waals surface area contributed by atoms with E-state index in [1.165, 1.54) is 12.1 Å². The van der Waals surface area contributed by atoms with Crippen LogP contribution in [0.2, 0.25) is 0 Å². The van der Waals surface area contributed by atoms with E-state index in [-0.39, 0.29) is 18.7 Å². The second kappa shape index (κ2) is 7.51. The van der Waals surface area contributed by atoms with Crippen LogP contribution in [0, 0.1) is 5.82 Å². The van der Waals surface area contributed by atoms with Crippen molar-refractivity contribution in [2.24, 2.45) is 0 Å². The number of pyridine rings is 1. The molecule has 1 amide bonds. The summed E-state index contributed by atoms with van der Waals surface area (Å²) in [6.07, 6.45) is 0.865. The van der Waals surface area contributed by atoms with E-state index in [9.17, 15) is 23.1 Å². The van der Waals surface area contributed by atoms with Crippen molar-refractivity contribution < 1.29 is 23.1 Å². The molecule has 2 aromatic heterocycles. The minimum atomic E-state index is -2.91. The fraction of sp³-hybridized carbons (Fsp3) is 0.333. The van der Waals surface area contributed by atoms with Crippen molar-refractivity contribution in [3.8, 4) is 0 Å². The third-order valence-corrected chi connectivity index (χ3v) is 5.26. The lowest BCUT2D eigenvalue weighted by Gasteiger charge is -2.33. The molecule has 0 spiro atoms. The fourth-order valence-electron chi connectivity index (χ4n) is 3.73. The molecule has 1 aliphatic rings. The van der Waals surface area contributed by atoms with E-state index < -0.39 is 30.4 Å². The Bertz CT molecular complexity index is 1030. The summed E-state index contributed by atoms with van der Waals surface area (Å²) in [5.74, 6) is -3.71. The number of nitrogens with zero attached hydrogens (tertiary/aromatic N) is 2. The second-order valence-electron chi connectivity index (χ2n) is 7.41. The molecule has 4 rings (SSSR count). The largest absolute Gasteiger partial charge is 0.391 e. The highest BCUT2D eigenvalue weighted by atomic mass is 19.3. The van der Waals surface area contributed by atoms with Crippen LogP contribution in [0.5, 0.6) is 0 Å². The molecule has 2 atom stereocenters. The van der Waals surface area contributed by atoms with Crippen LogP contribution in [0.15, 0.2) is 48.8 Å². The molecular weight excluding hydrogens is 383 g/mol. The molecule has 2 heterocycles. The van der Waals surface area contributed by atoms with Gasteiger partial charge in [-0.05, 0) is 36.2 Å². The van der Waals surface area contributed by atoms with Gasteiger partial charge in [-0.3, -0.25) is 9.78 Å². The smallest absolute Gasteiger partial charge is 0.255 e. The molecule has 1 saturated carbocycles. The van der Waals surface area contributed by atoms with Crippen LogP contribution in [0.4, 0.5) is 13.2 Å². The number of halogens is 3. The lowest BCUT2D eigenvalue weighted by Crippen LogP contribution is -2.49. The van der Waals surface area contributed by atoms with Gasteiger partial charge in [0.15, 0.2) is 0 Å². The van der Waals surface area contributed by atoms with Crippen molar-refractivity contribution in [2.45, 2.75) is 43.9 Å². The van der Waals surface area contributed by atoms with Gasteiger partial charge in [-0.1, -0.05) is 12.1 Å². The Labute approximate surface area is 165 Å². The summed E-state index contributed by atoms with van der Waals surface area (Å²) in [4.78, 5) is 17.1. The van der Waals surface area contributed by atoms with Crippen LogP contribution in [0.25, 0.3) is 11.0 Å². The SMILES string of the molecule is O=C(NC1CCC(F)(F)C[C@H]1O)c1cn(Cc2ccc(F)cc2)c2cccnc12. The van der Waals surface area contributed by atoms with Gasteiger partial charge >= 0.3 is 0 Å². The number of amides is 1. The van der Waals surface area contributed by atoms with E-state index in [0.717, 1.165) is 11.1 Å². The number of alkyl halides is 2. The highest BCUT2D eigenvalue weighted by molar-refractivity contribution is 6.05. The molecule has 29 heavy (non-hydrogen) atoms. The molecule has 8 heteroatoms. The maximum absolute atomic E-state index is 13.4. The zero-order valence-corrected chi connectivity index (χ0v) is 15.5. The number of fused-ring (bicyclic) bond motifs is 1. The van der Waals surface area contributed by atoms with Crippen molar-refractivity contribution in [3.05, 3.63) is 65.7 Å². The quantitative estimate of drug-likeness (QED) is 0.701. The van der Waals surface area contributed by atoms with Crippen LogP contribution in [-0.4, -0.2) is 38.6 Å². The van der Waals surface area contributed by atoms with Crippen LogP contribution in [0.3, 0.4) is 0 Å². The number of aliphatic hydroxyl groups excluding tert-OH is 1. The first-order valence-electron chi connectivity index (χ1n) is 9.37. The monoisotopic (exact) mass is 403 g/mol. The van der Waals surface area contributed by atoms with Gasteiger partial charge in [-0.25, -0.2) is 13.2 Å². The Morgan fingerprint density at radius 1 is 1.28 bits per heavy atom. The van der Waals surface area contributed by atoms with Crippen molar-refractivity contribution in [3.63, 3.8) is 0 Å². The van der Waals surface area contributed by atoms with Crippen LogP contribution < -0.4 is 5.32 Å². The third kappa shape index (κ3) is 4.12. The Hall–Kier alpha value is -2.87. The normalized spacial score (nSPS) is 21.2. The summed E-state index contributed by atoms with van der Waals surface area (Å²) in [7, 11) is 0. The molecule has 152 valence electrons. The average Bonchev–Trinajstić information content (AvgIpc) is 3.04. The van der Waals surface area contributed by atoms with Crippen molar-refractivity contribution in [2.75, 3.05) is 0 Å². The van der Waals surface area contributed by atoms with Crippen molar-refractivity contribution in [1.82, 2.24) is 14.9 Å². The van der Waals surface area contributed by atoms with Gasteiger partial charge in [0.25, 0.3) is 11.8 Å². The minimum Gasteiger partial charge on any atom is -0.391 e.